The Kier molecular flexibility index (Phi) is 5.36. The van der Waals surface area contributed by atoms with Gasteiger partial charge in [-0.15, -0.1) is 0 Å². The summed E-state index contributed by atoms with van der Waals surface area (Å²) in [5.74, 6) is 0. The number of rotatable bonds is 5. The van der Waals surface area contributed by atoms with Crippen LogP contribution in [0.1, 0.15) is 52.1 Å². The van der Waals surface area contributed by atoms with Crippen LogP contribution >= 0.6 is 0 Å². The average molecular weight is 263 g/mol. The van der Waals surface area contributed by atoms with Gasteiger partial charge >= 0.3 is 6.03 Å². The van der Waals surface area contributed by atoms with E-state index >= 15 is 0 Å². The topological polar surface area (TPSA) is 67.2 Å². The molecule has 1 aromatic carbocycles. The Balaban J connectivity index is 2.69. The highest BCUT2D eigenvalue weighted by Crippen LogP contribution is 2.17. The number of carbonyl (C=O) groups excluding carboxylic acids is 1. The third-order valence-electron chi connectivity index (χ3n) is 3.65. The molecular formula is C15H25N3O. The Morgan fingerprint density at radius 2 is 2.00 bits per heavy atom. The van der Waals surface area contributed by atoms with Gasteiger partial charge in [-0.2, -0.15) is 0 Å². The SMILES string of the molecule is CCC(C)(CC)NC(=O)Nc1cccc(C(C)N)c1. The molecule has 4 heteroatoms. The van der Waals surface area contributed by atoms with Gasteiger partial charge in [0.15, 0.2) is 0 Å². The third-order valence-corrected chi connectivity index (χ3v) is 3.65. The minimum absolute atomic E-state index is 0.0404. The lowest BCUT2D eigenvalue weighted by atomic mass is 9.96. The Morgan fingerprint density at radius 1 is 1.37 bits per heavy atom. The van der Waals surface area contributed by atoms with Crippen molar-refractivity contribution in [2.45, 2.75) is 52.1 Å². The van der Waals surface area contributed by atoms with Crippen molar-refractivity contribution in [1.82, 2.24) is 5.32 Å². The largest absolute Gasteiger partial charge is 0.333 e. The van der Waals surface area contributed by atoms with E-state index in [9.17, 15) is 4.79 Å². The van der Waals surface area contributed by atoms with Crippen LogP contribution in [0.4, 0.5) is 10.5 Å². The molecule has 1 aromatic rings. The van der Waals surface area contributed by atoms with Crippen molar-refractivity contribution >= 4 is 11.7 Å². The molecule has 0 aliphatic heterocycles. The molecule has 0 bridgehead atoms. The first-order valence-electron chi connectivity index (χ1n) is 6.85. The monoisotopic (exact) mass is 263 g/mol. The summed E-state index contributed by atoms with van der Waals surface area (Å²) in [6.07, 6.45) is 1.80. The van der Waals surface area contributed by atoms with Crippen LogP contribution in [-0.4, -0.2) is 11.6 Å². The smallest absolute Gasteiger partial charge is 0.319 e. The van der Waals surface area contributed by atoms with Gasteiger partial charge in [0, 0.05) is 17.3 Å². The molecule has 4 nitrogen and oxygen atoms in total. The van der Waals surface area contributed by atoms with E-state index in [1.165, 1.54) is 0 Å². The lowest BCUT2D eigenvalue weighted by Crippen LogP contribution is -2.46. The molecule has 0 saturated heterocycles. The van der Waals surface area contributed by atoms with Crippen LogP contribution in [0, 0.1) is 0 Å². The number of nitrogens with two attached hydrogens (primary N) is 1. The Hall–Kier alpha value is -1.55. The zero-order chi connectivity index (χ0) is 14.5. The summed E-state index contributed by atoms with van der Waals surface area (Å²) in [5.41, 5.74) is 7.44. The Labute approximate surface area is 115 Å². The van der Waals surface area contributed by atoms with Gasteiger partial charge < -0.3 is 16.4 Å². The van der Waals surface area contributed by atoms with Gasteiger partial charge in [0.2, 0.25) is 0 Å². The molecule has 0 spiro atoms. The number of benzene rings is 1. The van der Waals surface area contributed by atoms with Gasteiger partial charge in [-0.05, 0) is 44.4 Å². The second-order valence-electron chi connectivity index (χ2n) is 5.26. The molecule has 0 aliphatic carbocycles. The lowest BCUT2D eigenvalue weighted by molar-refractivity contribution is 0.236. The van der Waals surface area contributed by atoms with Crippen LogP contribution in [0.3, 0.4) is 0 Å². The molecular weight excluding hydrogens is 238 g/mol. The number of anilines is 1. The van der Waals surface area contributed by atoms with Gasteiger partial charge in [-0.25, -0.2) is 4.79 Å². The molecule has 1 atom stereocenters. The highest BCUT2D eigenvalue weighted by atomic mass is 16.2. The van der Waals surface area contributed by atoms with Crippen molar-refractivity contribution < 1.29 is 4.79 Å². The number of nitrogens with one attached hydrogen (secondary N) is 2. The summed E-state index contributed by atoms with van der Waals surface area (Å²) in [6.45, 7) is 8.11. The van der Waals surface area contributed by atoms with Gasteiger partial charge in [0.1, 0.15) is 0 Å². The third kappa shape index (κ3) is 4.56. The number of hydrogen-bond donors (Lipinski definition) is 3. The van der Waals surface area contributed by atoms with Crippen LogP contribution in [-0.2, 0) is 0 Å². The number of urea groups is 1. The summed E-state index contributed by atoms with van der Waals surface area (Å²) < 4.78 is 0. The second kappa shape index (κ2) is 6.57. The standard InChI is InChI=1S/C15H25N3O/c1-5-15(4,6-2)18-14(19)17-13-9-7-8-12(10-13)11(3)16/h7-11H,5-6,16H2,1-4H3,(H2,17,18,19). The van der Waals surface area contributed by atoms with E-state index in [0.29, 0.717) is 0 Å². The maximum Gasteiger partial charge on any atom is 0.319 e. The van der Waals surface area contributed by atoms with E-state index in [0.717, 1.165) is 24.1 Å². The van der Waals surface area contributed by atoms with E-state index in [-0.39, 0.29) is 17.6 Å². The van der Waals surface area contributed by atoms with Crippen molar-refractivity contribution in [1.29, 1.82) is 0 Å². The fourth-order valence-corrected chi connectivity index (χ4v) is 1.76. The van der Waals surface area contributed by atoms with Crippen LogP contribution in [0.5, 0.6) is 0 Å². The number of amides is 2. The molecule has 0 aliphatic rings. The Morgan fingerprint density at radius 3 is 2.53 bits per heavy atom. The van der Waals surface area contributed by atoms with Crippen molar-refractivity contribution in [3.8, 4) is 0 Å². The fraction of sp³-hybridized carbons (Fsp3) is 0.533. The van der Waals surface area contributed by atoms with Crippen LogP contribution in [0.15, 0.2) is 24.3 Å². The number of carbonyl (C=O) groups is 1. The minimum atomic E-state index is -0.173. The van der Waals surface area contributed by atoms with Crippen molar-refractivity contribution in [2.75, 3.05) is 5.32 Å². The first-order chi connectivity index (χ1) is 8.90. The first kappa shape index (κ1) is 15.5. The van der Waals surface area contributed by atoms with E-state index in [1.807, 2.05) is 38.1 Å². The molecule has 0 saturated carbocycles. The molecule has 4 N–H and O–H groups in total. The van der Waals surface area contributed by atoms with Crippen molar-refractivity contribution in [3.63, 3.8) is 0 Å². The quantitative estimate of drug-likeness (QED) is 0.762. The van der Waals surface area contributed by atoms with E-state index in [2.05, 4.69) is 24.5 Å². The Bertz CT molecular complexity index is 425. The molecule has 0 heterocycles. The molecule has 19 heavy (non-hydrogen) atoms. The molecule has 2 amide bonds. The highest BCUT2D eigenvalue weighted by molar-refractivity contribution is 5.89. The lowest BCUT2D eigenvalue weighted by Gasteiger charge is -2.28. The van der Waals surface area contributed by atoms with Crippen molar-refractivity contribution in [3.05, 3.63) is 29.8 Å². The summed E-state index contributed by atoms with van der Waals surface area (Å²) >= 11 is 0. The highest BCUT2D eigenvalue weighted by Gasteiger charge is 2.21. The average Bonchev–Trinajstić information content (AvgIpc) is 2.38. The van der Waals surface area contributed by atoms with Gasteiger partial charge in [0.25, 0.3) is 0 Å². The normalized spacial score (nSPS) is 12.9. The molecule has 1 rings (SSSR count). The molecule has 106 valence electrons. The maximum absolute atomic E-state index is 12.0. The first-order valence-corrected chi connectivity index (χ1v) is 6.85. The van der Waals surface area contributed by atoms with E-state index < -0.39 is 0 Å². The summed E-state index contributed by atoms with van der Waals surface area (Å²) in [4.78, 5) is 12.0. The maximum atomic E-state index is 12.0. The molecule has 0 aromatic heterocycles. The van der Waals surface area contributed by atoms with Crippen LogP contribution < -0.4 is 16.4 Å². The summed E-state index contributed by atoms with van der Waals surface area (Å²) in [7, 11) is 0. The summed E-state index contributed by atoms with van der Waals surface area (Å²) in [5, 5.41) is 5.86. The fourth-order valence-electron chi connectivity index (χ4n) is 1.76. The minimum Gasteiger partial charge on any atom is -0.333 e. The van der Waals surface area contributed by atoms with E-state index in [4.69, 9.17) is 5.73 Å². The second-order valence-corrected chi connectivity index (χ2v) is 5.26. The van der Waals surface area contributed by atoms with Crippen molar-refractivity contribution in [2.24, 2.45) is 5.73 Å². The van der Waals surface area contributed by atoms with Crippen LogP contribution in [0.25, 0.3) is 0 Å². The predicted molar refractivity (Wildman–Crippen MR) is 80.2 cm³/mol. The van der Waals surface area contributed by atoms with Crippen LogP contribution in [0.2, 0.25) is 0 Å². The predicted octanol–water partition coefficient (Wildman–Crippen LogP) is 3.41. The van der Waals surface area contributed by atoms with Gasteiger partial charge in [0.05, 0.1) is 0 Å². The molecule has 0 radical (unpaired) electrons. The zero-order valence-corrected chi connectivity index (χ0v) is 12.3. The summed E-state index contributed by atoms with van der Waals surface area (Å²) in [6, 6.07) is 7.40. The van der Waals surface area contributed by atoms with Gasteiger partial charge in [-0.1, -0.05) is 26.0 Å². The molecule has 0 fully saturated rings. The number of hydrogen-bond acceptors (Lipinski definition) is 2. The van der Waals surface area contributed by atoms with Gasteiger partial charge in [-0.3, -0.25) is 0 Å². The van der Waals surface area contributed by atoms with E-state index in [1.54, 1.807) is 0 Å². The zero-order valence-electron chi connectivity index (χ0n) is 12.3. The molecule has 1 unspecified atom stereocenters.